The number of carbonyl (C=O) groups excluding carboxylic acids is 3. The highest BCUT2D eigenvalue weighted by Crippen LogP contribution is 2.44. The van der Waals surface area contributed by atoms with Crippen molar-refractivity contribution in [3.8, 4) is 0 Å². The van der Waals surface area contributed by atoms with Crippen LogP contribution in [0, 0.1) is 13.8 Å². The van der Waals surface area contributed by atoms with Gasteiger partial charge in [-0.1, -0.05) is 20.8 Å². The number of H-pyrrole nitrogens is 2. The summed E-state index contributed by atoms with van der Waals surface area (Å²) in [5, 5.41) is 0. The molecule has 0 spiro atoms. The first-order valence-electron chi connectivity index (χ1n) is 17.9. The van der Waals surface area contributed by atoms with E-state index >= 15 is 0 Å². The number of imide groups is 1. The van der Waals surface area contributed by atoms with E-state index in [-0.39, 0.29) is 40.3 Å². The zero-order valence-corrected chi connectivity index (χ0v) is 31.1. The maximum atomic E-state index is 14.7. The third-order valence-corrected chi connectivity index (χ3v) is 11.1. The summed E-state index contributed by atoms with van der Waals surface area (Å²) in [5.74, 6) is -2.57. The number of benzene rings is 1. The standard InChI is InChI=1S/C41H37F6N5O3/c1-8-25-17(3)27-15-32-33(21(7)53)19(5)29(49-32)13-28-18(4)26(9-2)36(50-28)35-37-34(20(6)30(51-37)14-31(25)48-27)38(54)52(39(35)55)16-22-10-23(40(42,43)44)12-24(11-22)41(45,46)47/h10-15,18,26,49,51H,8-9,16H2,1-7H3/t18-,26-/m0/s1. The van der Waals surface area contributed by atoms with E-state index in [0.29, 0.717) is 85.9 Å². The van der Waals surface area contributed by atoms with Gasteiger partial charge in [-0.25, -0.2) is 4.98 Å². The van der Waals surface area contributed by atoms with Gasteiger partial charge >= 0.3 is 12.4 Å². The zero-order chi connectivity index (χ0) is 40.0. The summed E-state index contributed by atoms with van der Waals surface area (Å²) in [6, 6.07) is 6.45. The van der Waals surface area contributed by atoms with E-state index in [4.69, 9.17) is 9.97 Å². The number of Topliss-reactive ketones (excluding diaryl/α,β-unsaturated/α-hetero) is 1. The van der Waals surface area contributed by atoms with Crippen molar-refractivity contribution in [2.75, 3.05) is 0 Å². The number of fused-ring (bicyclic) bond motifs is 8. The quantitative estimate of drug-likeness (QED) is 0.119. The minimum absolute atomic E-state index is 0.000676. The number of hydrogen-bond acceptors (Lipinski definition) is 5. The van der Waals surface area contributed by atoms with Gasteiger partial charge in [0, 0.05) is 34.1 Å². The fraction of sp³-hybridized carbons (Fsp3) is 0.341. The highest BCUT2D eigenvalue weighted by molar-refractivity contribution is 6.23. The van der Waals surface area contributed by atoms with Crippen LogP contribution in [0.1, 0.15) is 141 Å². The molecule has 14 heteroatoms. The SMILES string of the molecule is CCC1=C(C)c2cc3[nH]c(cc4nc(c5c6[nH]c(cc1n2)c(C)c6C(=O)N(Cc1cc(C(F)(F)F)cc(C(F)(F)F)c1)C5=O)[C@@H](CC)[C@@H]4C)c(C)c3C(C)=O. The first-order chi connectivity index (χ1) is 25.7. The summed E-state index contributed by atoms with van der Waals surface area (Å²) in [6.07, 6.45) is -9.17. The minimum Gasteiger partial charge on any atom is -0.355 e. The number of amides is 2. The molecule has 2 amide bonds. The van der Waals surface area contributed by atoms with Crippen molar-refractivity contribution in [3.63, 3.8) is 0 Å². The number of ketones is 1. The first kappa shape index (κ1) is 37.8. The van der Waals surface area contributed by atoms with E-state index in [2.05, 4.69) is 9.97 Å². The van der Waals surface area contributed by atoms with Crippen LogP contribution in [0.2, 0.25) is 0 Å². The predicted octanol–water partition coefficient (Wildman–Crippen LogP) is 10.6. The van der Waals surface area contributed by atoms with Crippen LogP contribution in [0.15, 0.2) is 36.4 Å². The summed E-state index contributed by atoms with van der Waals surface area (Å²) in [6.45, 7) is 11.8. The van der Waals surface area contributed by atoms with Gasteiger partial charge in [0.05, 0.1) is 56.9 Å². The van der Waals surface area contributed by atoms with E-state index in [9.17, 15) is 40.7 Å². The molecule has 8 nitrogen and oxygen atoms in total. The summed E-state index contributed by atoms with van der Waals surface area (Å²) in [4.78, 5) is 59.3. The predicted molar refractivity (Wildman–Crippen MR) is 195 cm³/mol. The van der Waals surface area contributed by atoms with E-state index in [1.54, 1.807) is 13.0 Å². The average Bonchev–Trinajstić information content (AvgIpc) is 3.78. The lowest BCUT2D eigenvalue weighted by molar-refractivity contribution is -0.143. The normalized spacial score (nSPS) is 17.4. The lowest BCUT2D eigenvalue weighted by Crippen LogP contribution is -2.40. The van der Waals surface area contributed by atoms with Gasteiger partial charge in [0.25, 0.3) is 11.8 Å². The number of carbonyl (C=O) groups is 3. The highest BCUT2D eigenvalue weighted by Gasteiger charge is 2.42. The molecule has 0 radical (unpaired) electrons. The first-order valence-corrected chi connectivity index (χ1v) is 17.9. The lowest BCUT2D eigenvalue weighted by Gasteiger charge is -2.27. The molecule has 6 heterocycles. The molecular formula is C41H37F6N5O3. The third kappa shape index (κ3) is 6.15. The molecule has 55 heavy (non-hydrogen) atoms. The van der Waals surface area contributed by atoms with Gasteiger partial charge in [-0.15, -0.1) is 0 Å². The number of alkyl halides is 6. The van der Waals surface area contributed by atoms with Gasteiger partial charge in [0.2, 0.25) is 0 Å². The topological polar surface area (TPSA) is 112 Å². The Morgan fingerprint density at radius 1 is 0.782 bits per heavy atom. The van der Waals surface area contributed by atoms with Crippen molar-refractivity contribution in [2.24, 2.45) is 0 Å². The lowest BCUT2D eigenvalue weighted by atomic mass is 9.86. The Bertz CT molecular complexity index is 2530. The fourth-order valence-corrected chi connectivity index (χ4v) is 8.17. The molecule has 3 aromatic heterocycles. The van der Waals surface area contributed by atoms with Gasteiger partial charge in [-0.2, -0.15) is 26.3 Å². The molecule has 3 aliphatic heterocycles. The maximum absolute atomic E-state index is 14.7. The molecule has 0 saturated heterocycles. The second kappa shape index (κ2) is 13.1. The Morgan fingerprint density at radius 2 is 1.38 bits per heavy atom. The van der Waals surface area contributed by atoms with Crippen LogP contribution in [0.5, 0.6) is 0 Å². The van der Waals surface area contributed by atoms with E-state index in [0.717, 1.165) is 11.1 Å². The van der Waals surface area contributed by atoms with Crippen LogP contribution in [-0.4, -0.2) is 42.4 Å². The van der Waals surface area contributed by atoms with E-state index in [1.807, 2.05) is 46.8 Å². The molecule has 0 unspecified atom stereocenters. The minimum atomic E-state index is -5.13. The number of aromatic amines is 2. The molecule has 0 aliphatic carbocycles. The molecule has 3 aliphatic rings. The monoisotopic (exact) mass is 761 g/mol. The van der Waals surface area contributed by atoms with Gasteiger partial charge in [0.15, 0.2) is 5.78 Å². The van der Waals surface area contributed by atoms with E-state index < -0.39 is 47.4 Å². The number of rotatable bonds is 5. The molecule has 4 aromatic rings. The second-order valence-corrected chi connectivity index (χ2v) is 14.4. The second-order valence-electron chi connectivity index (χ2n) is 14.4. The summed E-state index contributed by atoms with van der Waals surface area (Å²) >= 11 is 0. The van der Waals surface area contributed by atoms with E-state index in [1.165, 1.54) is 6.92 Å². The Morgan fingerprint density at radius 3 is 1.96 bits per heavy atom. The van der Waals surface area contributed by atoms with Crippen LogP contribution in [0.25, 0.3) is 33.2 Å². The summed E-state index contributed by atoms with van der Waals surface area (Å²) in [7, 11) is 0. The number of hydrogen-bond donors (Lipinski definition) is 2. The fourth-order valence-electron chi connectivity index (χ4n) is 8.17. The van der Waals surface area contributed by atoms with Crippen molar-refractivity contribution in [1.29, 1.82) is 0 Å². The van der Waals surface area contributed by atoms with Gasteiger partial charge < -0.3 is 9.97 Å². The molecule has 0 saturated carbocycles. The van der Waals surface area contributed by atoms with Crippen molar-refractivity contribution >= 4 is 50.8 Å². The van der Waals surface area contributed by atoms with Gasteiger partial charge in [0.1, 0.15) is 0 Å². The molecule has 2 N–H and O–H groups in total. The molecule has 2 atom stereocenters. The van der Waals surface area contributed by atoms with Crippen molar-refractivity contribution in [1.82, 2.24) is 24.8 Å². The Kier molecular flexibility index (Phi) is 8.97. The number of nitrogens with zero attached hydrogens (tertiary/aromatic N) is 3. The highest BCUT2D eigenvalue weighted by atomic mass is 19.4. The van der Waals surface area contributed by atoms with Crippen LogP contribution in [0.4, 0.5) is 26.3 Å². The van der Waals surface area contributed by atoms with Crippen LogP contribution < -0.4 is 0 Å². The summed E-state index contributed by atoms with van der Waals surface area (Å²) < 4.78 is 83.1. The Hall–Kier alpha value is -5.53. The van der Waals surface area contributed by atoms with Crippen LogP contribution >= 0.6 is 0 Å². The maximum Gasteiger partial charge on any atom is 0.416 e. The average molecular weight is 762 g/mol. The molecule has 8 bridgehead atoms. The molecule has 0 fully saturated rings. The smallest absolute Gasteiger partial charge is 0.355 e. The molecular weight excluding hydrogens is 724 g/mol. The van der Waals surface area contributed by atoms with Gasteiger partial charge in [-0.05, 0) is 105 Å². The Balaban J connectivity index is 1.58. The Labute approximate surface area is 311 Å². The molecule has 7 rings (SSSR count). The number of nitrogens with one attached hydrogen (secondary N) is 2. The van der Waals surface area contributed by atoms with Crippen molar-refractivity contribution in [2.45, 2.75) is 92.0 Å². The number of aromatic nitrogens is 4. The largest absolute Gasteiger partial charge is 0.416 e. The van der Waals surface area contributed by atoms with Crippen molar-refractivity contribution in [3.05, 3.63) is 104 Å². The number of halogens is 6. The third-order valence-electron chi connectivity index (χ3n) is 11.1. The summed E-state index contributed by atoms with van der Waals surface area (Å²) in [5.41, 5.74) is 3.69. The van der Waals surface area contributed by atoms with Gasteiger partial charge in [-0.3, -0.25) is 24.3 Å². The molecule has 1 aromatic carbocycles. The molecule has 286 valence electrons. The number of aryl methyl sites for hydroxylation is 2. The number of allylic oxidation sites excluding steroid dienone is 2. The van der Waals surface area contributed by atoms with Crippen molar-refractivity contribution < 1.29 is 40.7 Å². The zero-order valence-electron chi connectivity index (χ0n) is 31.1. The van der Waals surface area contributed by atoms with Crippen LogP contribution in [0.3, 0.4) is 0 Å². The van der Waals surface area contributed by atoms with Crippen LogP contribution in [-0.2, 0) is 18.9 Å².